The van der Waals surface area contributed by atoms with Crippen molar-refractivity contribution >= 4 is 28.4 Å². The lowest BCUT2D eigenvalue weighted by molar-refractivity contribution is -0.112. The molecular weight excluding hydrogens is 360 g/mol. The van der Waals surface area contributed by atoms with E-state index in [0.717, 1.165) is 33.9 Å². The number of aryl methyl sites for hydroxylation is 1. The maximum atomic E-state index is 12.8. The van der Waals surface area contributed by atoms with Crippen molar-refractivity contribution in [2.45, 2.75) is 27.2 Å². The van der Waals surface area contributed by atoms with Crippen molar-refractivity contribution in [2.75, 3.05) is 11.9 Å². The van der Waals surface area contributed by atoms with Crippen LogP contribution in [0.5, 0.6) is 5.75 Å². The molecule has 146 valence electrons. The van der Waals surface area contributed by atoms with Gasteiger partial charge < -0.3 is 10.1 Å². The second-order valence-corrected chi connectivity index (χ2v) is 6.92. The summed E-state index contributed by atoms with van der Waals surface area (Å²) in [6, 6.07) is 19.5. The van der Waals surface area contributed by atoms with Gasteiger partial charge in [-0.3, -0.25) is 4.79 Å². The molecule has 0 aliphatic rings. The molecule has 4 nitrogen and oxygen atoms in total. The Balaban J connectivity index is 2.04. The molecule has 0 fully saturated rings. The predicted molar refractivity (Wildman–Crippen MR) is 118 cm³/mol. The number of carbonyl (C=O) groups excluding carboxylic acids is 1. The van der Waals surface area contributed by atoms with E-state index in [1.54, 1.807) is 6.08 Å². The van der Waals surface area contributed by atoms with Gasteiger partial charge in [-0.15, -0.1) is 0 Å². The molecule has 29 heavy (non-hydrogen) atoms. The summed E-state index contributed by atoms with van der Waals surface area (Å²) in [6.45, 7) is 6.53. The molecule has 0 bridgehead atoms. The summed E-state index contributed by atoms with van der Waals surface area (Å²) in [5.74, 6) is 0.230. The molecule has 0 aromatic heterocycles. The Morgan fingerprint density at radius 3 is 2.66 bits per heavy atom. The number of benzene rings is 3. The van der Waals surface area contributed by atoms with Crippen molar-refractivity contribution in [3.05, 3.63) is 76.9 Å². The average molecular weight is 384 g/mol. The lowest BCUT2D eigenvalue weighted by atomic mass is 10.0. The summed E-state index contributed by atoms with van der Waals surface area (Å²) in [6.07, 6.45) is 2.49. The Hall–Kier alpha value is -3.58. The van der Waals surface area contributed by atoms with Gasteiger partial charge in [0.25, 0.3) is 5.91 Å². The highest BCUT2D eigenvalue weighted by molar-refractivity contribution is 6.11. The lowest BCUT2D eigenvalue weighted by Crippen LogP contribution is -2.14. The fourth-order valence-corrected chi connectivity index (χ4v) is 3.13. The quantitative estimate of drug-likeness (QED) is 0.432. The van der Waals surface area contributed by atoms with Crippen molar-refractivity contribution in [3.63, 3.8) is 0 Å². The first kappa shape index (κ1) is 20.2. The molecule has 0 unspecified atom stereocenters. The van der Waals surface area contributed by atoms with Crippen molar-refractivity contribution in [3.8, 4) is 11.8 Å². The van der Waals surface area contributed by atoms with E-state index in [-0.39, 0.29) is 5.57 Å². The number of nitrogens with zero attached hydrogens (tertiary/aromatic N) is 1. The molecule has 4 heteroatoms. The van der Waals surface area contributed by atoms with Crippen LogP contribution in [0.1, 0.15) is 30.0 Å². The van der Waals surface area contributed by atoms with E-state index in [1.165, 1.54) is 0 Å². The molecule has 0 heterocycles. The molecule has 3 rings (SSSR count). The number of hydrogen-bond acceptors (Lipinski definition) is 3. The normalized spacial score (nSPS) is 11.2. The van der Waals surface area contributed by atoms with E-state index in [2.05, 4.69) is 5.32 Å². The molecule has 3 aromatic rings. The van der Waals surface area contributed by atoms with Crippen molar-refractivity contribution in [1.29, 1.82) is 5.26 Å². The molecular formula is C25H24N2O2. The molecule has 1 amide bonds. The number of nitrogens with one attached hydrogen (secondary N) is 1. The van der Waals surface area contributed by atoms with E-state index in [1.807, 2.05) is 81.4 Å². The van der Waals surface area contributed by atoms with Gasteiger partial charge in [-0.1, -0.05) is 49.4 Å². The molecule has 0 aliphatic carbocycles. The Morgan fingerprint density at radius 1 is 1.10 bits per heavy atom. The predicted octanol–water partition coefficient (Wildman–Crippen LogP) is 5.79. The number of nitriles is 1. The molecule has 0 atom stereocenters. The van der Waals surface area contributed by atoms with Crippen LogP contribution in [0, 0.1) is 25.2 Å². The first-order valence-corrected chi connectivity index (χ1v) is 9.69. The van der Waals surface area contributed by atoms with E-state index < -0.39 is 5.91 Å². The molecule has 3 aromatic carbocycles. The van der Waals surface area contributed by atoms with Gasteiger partial charge in [-0.2, -0.15) is 5.26 Å². The van der Waals surface area contributed by atoms with Gasteiger partial charge >= 0.3 is 0 Å². The Morgan fingerprint density at radius 2 is 1.90 bits per heavy atom. The summed E-state index contributed by atoms with van der Waals surface area (Å²) < 4.78 is 5.89. The third-order valence-electron chi connectivity index (χ3n) is 4.90. The zero-order chi connectivity index (χ0) is 20.8. The molecule has 0 spiro atoms. The number of amides is 1. The standard InChI is InChI=1S/C25H24N2O2/c1-4-14-29-24-13-12-19-9-5-6-10-21(19)22(24)15-20(16-26)25(28)27-23-11-7-8-17(2)18(23)3/h5-13,15H,4,14H2,1-3H3,(H,27,28)/b20-15+. The minimum atomic E-state index is -0.435. The molecule has 1 N–H and O–H groups in total. The van der Waals surface area contributed by atoms with Crippen molar-refractivity contribution in [2.24, 2.45) is 0 Å². The van der Waals surface area contributed by atoms with Crippen molar-refractivity contribution in [1.82, 2.24) is 0 Å². The van der Waals surface area contributed by atoms with Crippen LogP contribution in [-0.2, 0) is 4.79 Å². The topological polar surface area (TPSA) is 62.1 Å². The number of ether oxygens (including phenoxy) is 1. The Labute approximate surface area is 171 Å². The van der Waals surface area contributed by atoms with E-state index in [4.69, 9.17) is 4.74 Å². The van der Waals surface area contributed by atoms with Crippen LogP contribution < -0.4 is 10.1 Å². The zero-order valence-corrected chi connectivity index (χ0v) is 17.0. The molecule has 0 saturated carbocycles. The molecule has 0 saturated heterocycles. The highest BCUT2D eigenvalue weighted by Gasteiger charge is 2.14. The Kier molecular flexibility index (Phi) is 6.31. The SMILES string of the molecule is CCCOc1ccc2ccccc2c1/C=C(\C#N)C(=O)Nc1cccc(C)c1C. The van der Waals surface area contributed by atoms with E-state index in [9.17, 15) is 10.1 Å². The third-order valence-corrected chi connectivity index (χ3v) is 4.90. The second kappa shape index (κ2) is 9.07. The summed E-state index contributed by atoms with van der Waals surface area (Å²) in [5, 5.41) is 14.5. The van der Waals surface area contributed by atoms with Gasteiger partial charge in [0.05, 0.1) is 6.61 Å². The monoisotopic (exact) mass is 384 g/mol. The second-order valence-electron chi connectivity index (χ2n) is 6.92. The van der Waals surface area contributed by atoms with Crippen LogP contribution in [0.25, 0.3) is 16.8 Å². The minimum absolute atomic E-state index is 0.0311. The van der Waals surface area contributed by atoms with Gasteiger partial charge in [0.2, 0.25) is 0 Å². The van der Waals surface area contributed by atoms with Gasteiger partial charge in [-0.05, 0) is 60.4 Å². The number of rotatable bonds is 6. The summed E-state index contributed by atoms with van der Waals surface area (Å²) in [5.41, 5.74) is 3.54. The first-order valence-electron chi connectivity index (χ1n) is 9.69. The van der Waals surface area contributed by atoms with Crippen LogP contribution in [0.3, 0.4) is 0 Å². The van der Waals surface area contributed by atoms with Gasteiger partial charge in [0, 0.05) is 11.3 Å². The molecule has 0 radical (unpaired) electrons. The summed E-state index contributed by atoms with van der Waals surface area (Å²) >= 11 is 0. The highest BCUT2D eigenvalue weighted by Crippen LogP contribution is 2.31. The van der Waals surface area contributed by atoms with Gasteiger partial charge in [0.1, 0.15) is 17.4 Å². The van der Waals surface area contributed by atoms with Crippen LogP contribution in [0.15, 0.2) is 60.2 Å². The van der Waals surface area contributed by atoms with Crippen LogP contribution in [0.2, 0.25) is 0 Å². The minimum Gasteiger partial charge on any atom is -0.493 e. The van der Waals surface area contributed by atoms with Crippen LogP contribution >= 0.6 is 0 Å². The van der Waals surface area contributed by atoms with Gasteiger partial charge in [0.15, 0.2) is 0 Å². The van der Waals surface area contributed by atoms with E-state index in [0.29, 0.717) is 18.0 Å². The fourth-order valence-electron chi connectivity index (χ4n) is 3.13. The lowest BCUT2D eigenvalue weighted by Gasteiger charge is -2.13. The number of anilines is 1. The number of hydrogen-bond donors (Lipinski definition) is 1. The number of carbonyl (C=O) groups is 1. The van der Waals surface area contributed by atoms with Gasteiger partial charge in [-0.25, -0.2) is 0 Å². The highest BCUT2D eigenvalue weighted by atomic mass is 16.5. The fraction of sp³-hybridized carbons (Fsp3) is 0.200. The Bertz CT molecular complexity index is 1120. The van der Waals surface area contributed by atoms with Crippen LogP contribution in [-0.4, -0.2) is 12.5 Å². The molecule has 0 aliphatic heterocycles. The average Bonchev–Trinajstić information content (AvgIpc) is 2.74. The smallest absolute Gasteiger partial charge is 0.266 e. The number of fused-ring (bicyclic) bond motifs is 1. The van der Waals surface area contributed by atoms with E-state index >= 15 is 0 Å². The first-order chi connectivity index (χ1) is 14.0. The maximum absolute atomic E-state index is 12.8. The largest absolute Gasteiger partial charge is 0.493 e. The maximum Gasteiger partial charge on any atom is 0.266 e. The van der Waals surface area contributed by atoms with Crippen LogP contribution in [0.4, 0.5) is 5.69 Å². The summed E-state index contributed by atoms with van der Waals surface area (Å²) in [7, 11) is 0. The zero-order valence-electron chi connectivity index (χ0n) is 17.0. The third kappa shape index (κ3) is 4.47. The summed E-state index contributed by atoms with van der Waals surface area (Å²) in [4.78, 5) is 12.8. The van der Waals surface area contributed by atoms with Crippen molar-refractivity contribution < 1.29 is 9.53 Å².